The minimum atomic E-state index is 0.736. The molecule has 0 aromatic heterocycles. The van der Waals surface area contributed by atoms with E-state index in [9.17, 15) is 0 Å². The molecule has 0 spiro atoms. The van der Waals surface area contributed by atoms with E-state index >= 15 is 0 Å². The molecule has 60 valence electrons. The van der Waals surface area contributed by atoms with Gasteiger partial charge < -0.3 is 5.32 Å². The average Bonchev–Trinajstić information content (AvgIpc) is 1.92. The summed E-state index contributed by atoms with van der Waals surface area (Å²) < 4.78 is 0. The molecule has 0 unspecified atom stereocenters. The Morgan fingerprint density at radius 2 is 1.90 bits per heavy atom. The maximum absolute atomic E-state index is 3.53. The van der Waals surface area contributed by atoms with Crippen LogP contribution in [-0.4, -0.2) is 12.6 Å². The summed E-state index contributed by atoms with van der Waals surface area (Å²) in [5, 5.41) is 3.53. The van der Waals surface area contributed by atoms with Crippen LogP contribution in [0.15, 0.2) is 0 Å². The molecule has 1 rings (SSSR count). The zero-order valence-electron chi connectivity index (χ0n) is 7.19. The van der Waals surface area contributed by atoms with Gasteiger partial charge in [-0.1, -0.05) is 19.8 Å². The molecule has 1 heteroatoms. The Labute approximate surface area is 64.2 Å². The molecule has 0 aromatic carbocycles. The second-order valence-corrected chi connectivity index (χ2v) is 3.57. The highest BCUT2D eigenvalue weighted by atomic mass is 14.9. The quantitative estimate of drug-likeness (QED) is 0.545. The van der Waals surface area contributed by atoms with Crippen LogP contribution in [0.4, 0.5) is 0 Å². The zero-order chi connectivity index (χ0) is 7.40. The molecule has 0 aliphatic carbocycles. The van der Waals surface area contributed by atoms with Crippen LogP contribution in [-0.2, 0) is 0 Å². The second-order valence-electron chi connectivity index (χ2n) is 3.57. The van der Waals surface area contributed by atoms with E-state index in [4.69, 9.17) is 0 Å². The summed E-state index contributed by atoms with van der Waals surface area (Å²) in [6, 6.07) is 0.736. The van der Waals surface area contributed by atoms with Crippen LogP contribution in [0.2, 0.25) is 0 Å². The fraction of sp³-hybridized carbons (Fsp3) is 1.00. The summed E-state index contributed by atoms with van der Waals surface area (Å²) in [5.74, 6) is 0.875. The van der Waals surface area contributed by atoms with E-state index in [-0.39, 0.29) is 0 Å². The van der Waals surface area contributed by atoms with E-state index in [1.165, 1.54) is 32.2 Å². The lowest BCUT2D eigenvalue weighted by Crippen LogP contribution is -2.34. The van der Waals surface area contributed by atoms with E-state index in [1.54, 1.807) is 0 Å². The first-order valence-corrected chi connectivity index (χ1v) is 4.54. The van der Waals surface area contributed by atoms with Gasteiger partial charge in [0.25, 0.3) is 0 Å². The molecular weight excluding hydrogens is 122 g/mol. The molecular formula is C9H19N. The predicted molar refractivity (Wildman–Crippen MR) is 45.1 cm³/mol. The van der Waals surface area contributed by atoms with Gasteiger partial charge in [-0.3, -0.25) is 0 Å². The predicted octanol–water partition coefficient (Wildman–Crippen LogP) is 2.17. The summed E-state index contributed by atoms with van der Waals surface area (Å²) in [4.78, 5) is 0. The first kappa shape index (κ1) is 8.06. The van der Waals surface area contributed by atoms with Gasteiger partial charge in [0.1, 0.15) is 0 Å². The lowest BCUT2D eigenvalue weighted by Gasteiger charge is -2.23. The first-order chi connectivity index (χ1) is 4.80. The van der Waals surface area contributed by atoms with Crippen molar-refractivity contribution in [2.75, 3.05) is 6.54 Å². The lowest BCUT2D eigenvalue weighted by molar-refractivity contribution is 0.340. The van der Waals surface area contributed by atoms with Crippen molar-refractivity contribution < 1.29 is 0 Å². The SMILES string of the molecule is C[C@@H]1CCCCCN[C@H]1C. The summed E-state index contributed by atoms with van der Waals surface area (Å²) in [7, 11) is 0. The molecule has 1 aliphatic rings. The van der Waals surface area contributed by atoms with Gasteiger partial charge in [-0.05, 0) is 32.2 Å². The number of nitrogens with one attached hydrogen (secondary N) is 1. The summed E-state index contributed by atoms with van der Waals surface area (Å²) in [5.41, 5.74) is 0. The third-order valence-corrected chi connectivity index (χ3v) is 2.66. The van der Waals surface area contributed by atoms with Crippen LogP contribution in [0, 0.1) is 5.92 Å². The minimum absolute atomic E-state index is 0.736. The molecule has 0 amide bonds. The Bertz CT molecular complexity index is 78.7. The molecule has 1 fully saturated rings. The van der Waals surface area contributed by atoms with Gasteiger partial charge >= 0.3 is 0 Å². The molecule has 1 saturated heterocycles. The van der Waals surface area contributed by atoms with Crippen molar-refractivity contribution in [1.29, 1.82) is 0 Å². The van der Waals surface area contributed by atoms with Crippen molar-refractivity contribution >= 4 is 0 Å². The highest BCUT2D eigenvalue weighted by Gasteiger charge is 2.12. The van der Waals surface area contributed by atoms with Gasteiger partial charge in [-0.2, -0.15) is 0 Å². The largest absolute Gasteiger partial charge is 0.314 e. The lowest BCUT2D eigenvalue weighted by atomic mass is 9.94. The third kappa shape index (κ3) is 2.30. The molecule has 0 aromatic rings. The van der Waals surface area contributed by atoms with Crippen LogP contribution in [0.5, 0.6) is 0 Å². The summed E-state index contributed by atoms with van der Waals surface area (Å²) in [6.07, 6.45) is 5.64. The second kappa shape index (κ2) is 3.97. The van der Waals surface area contributed by atoms with Crippen LogP contribution >= 0.6 is 0 Å². The topological polar surface area (TPSA) is 12.0 Å². The van der Waals surface area contributed by atoms with Crippen molar-refractivity contribution in [2.45, 2.75) is 45.6 Å². The van der Waals surface area contributed by atoms with Gasteiger partial charge in [0.05, 0.1) is 0 Å². The van der Waals surface area contributed by atoms with E-state index in [0.29, 0.717) is 0 Å². The van der Waals surface area contributed by atoms with Crippen LogP contribution in [0.3, 0.4) is 0 Å². The number of hydrogen-bond acceptors (Lipinski definition) is 1. The summed E-state index contributed by atoms with van der Waals surface area (Å²) >= 11 is 0. The Hall–Kier alpha value is -0.0400. The number of rotatable bonds is 0. The van der Waals surface area contributed by atoms with Gasteiger partial charge in [-0.15, -0.1) is 0 Å². The van der Waals surface area contributed by atoms with Gasteiger partial charge in [0.15, 0.2) is 0 Å². The Balaban J connectivity index is 2.28. The molecule has 1 heterocycles. The van der Waals surface area contributed by atoms with E-state index in [2.05, 4.69) is 19.2 Å². The smallest absolute Gasteiger partial charge is 0.00643 e. The molecule has 0 saturated carbocycles. The monoisotopic (exact) mass is 141 g/mol. The molecule has 10 heavy (non-hydrogen) atoms. The van der Waals surface area contributed by atoms with E-state index in [1.807, 2.05) is 0 Å². The highest BCUT2D eigenvalue weighted by Crippen LogP contribution is 2.15. The van der Waals surface area contributed by atoms with Crippen molar-refractivity contribution in [3.8, 4) is 0 Å². The molecule has 0 radical (unpaired) electrons. The van der Waals surface area contributed by atoms with Crippen molar-refractivity contribution in [2.24, 2.45) is 5.92 Å². The Morgan fingerprint density at radius 1 is 1.10 bits per heavy atom. The highest BCUT2D eigenvalue weighted by molar-refractivity contribution is 4.70. The van der Waals surface area contributed by atoms with Gasteiger partial charge in [0, 0.05) is 6.04 Å². The maximum Gasteiger partial charge on any atom is 0.00643 e. The minimum Gasteiger partial charge on any atom is -0.314 e. The molecule has 1 nitrogen and oxygen atoms in total. The van der Waals surface area contributed by atoms with E-state index in [0.717, 1.165) is 12.0 Å². The Morgan fingerprint density at radius 3 is 2.70 bits per heavy atom. The third-order valence-electron chi connectivity index (χ3n) is 2.66. The van der Waals surface area contributed by atoms with Crippen molar-refractivity contribution in [1.82, 2.24) is 5.32 Å². The van der Waals surface area contributed by atoms with Crippen LogP contribution < -0.4 is 5.32 Å². The maximum atomic E-state index is 3.53. The molecule has 1 aliphatic heterocycles. The molecule has 0 bridgehead atoms. The zero-order valence-corrected chi connectivity index (χ0v) is 7.19. The van der Waals surface area contributed by atoms with Gasteiger partial charge in [0.2, 0.25) is 0 Å². The fourth-order valence-corrected chi connectivity index (χ4v) is 1.55. The Kier molecular flexibility index (Phi) is 3.20. The molecule has 2 atom stereocenters. The normalized spacial score (nSPS) is 36.6. The van der Waals surface area contributed by atoms with Crippen molar-refractivity contribution in [3.63, 3.8) is 0 Å². The number of hydrogen-bond donors (Lipinski definition) is 1. The van der Waals surface area contributed by atoms with E-state index < -0.39 is 0 Å². The standard InChI is InChI=1S/C9H19N/c1-8-6-4-3-5-7-10-9(8)2/h8-10H,3-7H2,1-2H3/t8-,9+/m1/s1. The van der Waals surface area contributed by atoms with Crippen LogP contribution in [0.25, 0.3) is 0 Å². The van der Waals surface area contributed by atoms with Crippen molar-refractivity contribution in [3.05, 3.63) is 0 Å². The fourth-order valence-electron chi connectivity index (χ4n) is 1.55. The van der Waals surface area contributed by atoms with Crippen LogP contribution in [0.1, 0.15) is 39.5 Å². The first-order valence-electron chi connectivity index (χ1n) is 4.54. The van der Waals surface area contributed by atoms with Gasteiger partial charge in [-0.25, -0.2) is 0 Å². The molecule has 1 N–H and O–H groups in total. The summed E-state index contributed by atoms with van der Waals surface area (Å²) in [6.45, 7) is 5.88. The average molecular weight is 141 g/mol.